The van der Waals surface area contributed by atoms with E-state index in [1.165, 1.54) is 6.21 Å². The zero-order chi connectivity index (χ0) is 26.5. The van der Waals surface area contributed by atoms with Gasteiger partial charge < -0.3 is 20.1 Å². The number of carbonyl (C=O) groups is 3. The highest BCUT2D eigenvalue weighted by Gasteiger charge is 2.13. The van der Waals surface area contributed by atoms with Crippen molar-refractivity contribution in [1.29, 1.82) is 0 Å². The molecule has 0 heterocycles. The molecule has 3 N–H and O–H groups in total. The molecule has 3 aromatic carbocycles. The number of para-hydroxylation sites is 1. The lowest BCUT2D eigenvalue weighted by Gasteiger charge is -2.13. The Morgan fingerprint density at radius 1 is 0.865 bits per heavy atom. The van der Waals surface area contributed by atoms with Gasteiger partial charge in [0.15, 0.2) is 18.1 Å². The number of rotatable bonds is 11. The maximum atomic E-state index is 12.4. The van der Waals surface area contributed by atoms with Crippen LogP contribution in [0.4, 0.5) is 5.69 Å². The van der Waals surface area contributed by atoms with Crippen LogP contribution in [0.25, 0.3) is 0 Å². The normalized spacial score (nSPS) is 10.5. The molecule has 0 unspecified atom stereocenters. The molecule has 0 aromatic heterocycles. The number of hydrogen-bond donors (Lipinski definition) is 3. The Morgan fingerprint density at radius 2 is 1.62 bits per heavy atom. The van der Waals surface area contributed by atoms with Crippen LogP contribution in [0.1, 0.15) is 30.5 Å². The van der Waals surface area contributed by atoms with E-state index in [2.05, 4.69) is 21.2 Å². The van der Waals surface area contributed by atoms with Crippen molar-refractivity contribution in [3.8, 4) is 11.5 Å². The Kier molecular flexibility index (Phi) is 10.2. The SMILES string of the molecule is CCOc1cc(/C=N\NC(=O)C(=O)NCc2ccccc2)ccc1OCC(=O)Nc1ccccc1CC. The summed E-state index contributed by atoms with van der Waals surface area (Å²) in [7, 11) is 0. The van der Waals surface area contributed by atoms with Crippen LogP contribution in [-0.2, 0) is 27.3 Å². The Bertz CT molecular complexity index is 1240. The maximum Gasteiger partial charge on any atom is 0.329 e. The molecule has 37 heavy (non-hydrogen) atoms. The van der Waals surface area contributed by atoms with Crippen molar-refractivity contribution in [3.63, 3.8) is 0 Å². The van der Waals surface area contributed by atoms with Crippen molar-refractivity contribution in [1.82, 2.24) is 10.7 Å². The highest BCUT2D eigenvalue weighted by atomic mass is 16.5. The number of anilines is 1. The molecule has 0 fully saturated rings. The fraction of sp³-hybridized carbons (Fsp3) is 0.214. The Balaban J connectivity index is 1.53. The van der Waals surface area contributed by atoms with Crippen molar-refractivity contribution in [2.45, 2.75) is 26.8 Å². The van der Waals surface area contributed by atoms with E-state index in [4.69, 9.17) is 9.47 Å². The number of aryl methyl sites for hydroxylation is 1. The van der Waals surface area contributed by atoms with E-state index in [0.29, 0.717) is 23.7 Å². The number of hydrogen-bond acceptors (Lipinski definition) is 6. The van der Waals surface area contributed by atoms with E-state index in [0.717, 1.165) is 23.2 Å². The summed E-state index contributed by atoms with van der Waals surface area (Å²) in [5, 5.41) is 9.23. The summed E-state index contributed by atoms with van der Waals surface area (Å²) >= 11 is 0. The van der Waals surface area contributed by atoms with Gasteiger partial charge in [-0.15, -0.1) is 0 Å². The van der Waals surface area contributed by atoms with Gasteiger partial charge in [0.1, 0.15) is 0 Å². The van der Waals surface area contributed by atoms with Gasteiger partial charge >= 0.3 is 11.8 Å². The summed E-state index contributed by atoms with van der Waals surface area (Å²) in [5.41, 5.74) is 5.47. The number of amides is 3. The molecule has 0 saturated carbocycles. The topological polar surface area (TPSA) is 118 Å². The number of hydrazone groups is 1. The third-order valence-electron chi connectivity index (χ3n) is 5.18. The van der Waals surface area contributed by atoms with Crippen molar-refractivity contribution in [2.24, 2.45) is 5.10 Å². The zero-order valence-corrected chi connectivity index (χ0v) is 20.8. The monoisotopic (exact) mass is 502 g/mol. The minimum absolute atomic E-state index is 0.195. The summed E-state index contributed by atoms with van der Waals surface area (Å²) in [4.78, 5) is 36.3. The fourth-order valence-electron chi connectivity index (χ4n) is 3.35. The summed E-state index contributed by atoms with van der Waals surface area (Å²) in [6.45, 7) is 4.27. The van der Waals surface area contributed by atoms with Gasteiger partial charge in [-0.25, -0.2) is 5.43 Å². The first-order valence-electron chi connectivity index (χ1n) is 11.9. The summed E-state index contributed by atoms with van der Waals surface area (Å²) < 4.78 is 11.3. The van der Waals surface area contributed by atoms with Crippen LogP contribution in [0.3, 0.4) is 0 Å². The van der Waals surface area contributed by atoms with Crippen LogP contribution in [0, 0.1) is 0 Å². The highest BCUT2D eigenvalue weighted by molar-refractivity contribution is 6.35. The van der Waals surface area contributed by atoms with E-state index >= 15 is 0 Å². The van der Waals surface area contributed by atoms with Crippen molar-refractivity contribution in [3.05, 3.63) is 89.5 Å². The third kappa shape index (κ3) is 8.50. The lowest BCUT2D eigenvalue weighted by atomic mass is 10.1. The molecule has 0 aliphatic rings. The summed E-state index contributed by atoms with van der Waals surface area (Å²) in [6, 6.07) is 21.8. The molecule has 0 atom stereocenters. The standard InChI is InChI=1S/C28H30N4O5/c1-3-22-12-8-9-13-23(22)31-26(33)19-37-24-15-14-21(16-25(24)36-4-2)18-30-32-28(35)27(34)29-17-20-10-6-5-7-11-20/h5-16,18H,3-4,17,19H2,1-2H3,(H,29,34)(H,31,33)(H,32,35)/b30-18-. The first-order chi connectivity index (χ1) is 18.0. The van der Waals surface area contributed by atoms with Crippen LogP contribution in [0.5, 0.6) is 11.5 Å². The van der Waals surface area contributed by atoms with Gasteiger partial charge in [0.25, 0.3) is 5.91 Å². The number of ether oxygens (including phenoxy) is 2. The predicted molar refractivity (Wildman–Crippen MR) is 142 cm³/mol. The summed E-state index contributed by atoms with van der Waals surface area (Å²) in [6.07, 6.45) is 2.18. The van der Waals surface area contributed by atoms with E-state index in [9.17, 15) is 14.4 Å². The first kappa shape index (κ1) is 26.9. The molecule has 9 heteroatoms. The lowest BCUT2D eigenvalue weighted by molar-refractivity contribution is -0.139. The molecule has 0 aliphatic carbocycles. The molecular formula is C28H30N4O5. The molecular weight excluding hydrogens is 472 g/mol. The lowest BCUT2D eigenvalue weighted by Crippen LogP contribution is -2.37. The molecule has 3 aromatic rings. The fourth-order valence-corrected chi connectivity index (χ4v) is 3.35. The van der Waals surface area contributed by atoms with E-state index < -0.39 is 11.8 Å². The Hall–Kier alpha value is -4.66. The van der Waals surface area contributed by atoms with Gasteiger partial charge in [0.2, 0.25) is 0 Å². The molecule has 192 valence electrons. The van der Waals surface area contributed by atoms with Crippen LogP contribution in [0.2, 0.25) is 0 Å². The largest absolute Gasteiger partial charge is 0.490 e. The number of benzene rings is 3. The molecule has 3 amide bonds. The van der Waals surface area contributed by atoms with E-state index in [1.807, 2.05) is 68.4 Å². The third-order valence-corrected chi connectivity index (χ3v) is 5.18. The average molecular weight is 503 g/mol. The number of carbonyl (C=O) groups excluding carboxylic acids is 3. The molecule has 0 radical (unpaired) electrons. The van der Waals surface area contributed by atoms with Crippen molar-refractivity contribution >= 4 is 29.6 Å². The van der Waals surface area contributed by atoms with Crippen molar-refractivity contribution in [2.75, 3.05) is 18.5 Å². The maximum absolute atomic E-state index is 12.4. The predicted octanol–water partition coefficient (Wildman–Crippen LogP) is 3.43. The number of nitrogens with zero attached hydrogens (tertiary/aromatic N) is 1. The van der Waals surface area contributed by atoms with Crippen LogP contribution in [0.15, 0.2) is 77.9 Å². The van der Waals surface area contributed by atoms with Crippen LogP contribution >= 0.6 is 0 Å². The molecule has 0 bridgehead atoms. The van der Waals surface area contributed by atoms with Gasteiger partial charge in [-0.1, -0.05) is 55.5 Å². The second-order valence-electron chi connectivity index (χ2n) is 7.85. The second kappa shape index (κ2) is 14.0. The van der Waals surface area contributed by atoms with Gasteiger partial charge in [0.05, 0.1) is 12.8 Å². The van der Waals surface area contributed by atoms with E-state index in [1.54, 1.807) is 18.2 Å². The highest BCUT2D eigenvalue weighted by Crippen LogP contribution is 2.28. The van der Waals surface area contributed by atoms with Crippen LogP contribution in [-0.4, -0.2) is 37.1 Å². The van der Waals surface area contributed by atoms with Gasteiger partial charge in [-0.05, 0) is 54.3 Å². The molecule has 3 rings (SSSR count). The average Bonchev–Trinajstić information content (AvgIpc) is 2.92. The Morgan fingerprint density at radius 3 is 2.38 bits per heavy atom. The Labute approximate surface area is 215 Å². The van der Waals surface area contributed by atoms with E-state index in [-0.39, 0.29) is 19.1 Å². The first-order valence-corrected chi connectivity index (χ1v) is 11.9. The van der Waals surface area contributed by atoms with Gasteiger partial charge in [-0.3, -0.25) is 14.4 Å². The van der Waals surface area contributed by atoms with Crippen LogP contribution < -0.4 is 25.5 Å². The van der Waals surface area contributed by atoms with Gasteiger partial charge in [0, 0.05) is 12.2 Å². The molecule has 0 saturated heterocycles. The summed E-state index contributed by atoms with van der Waals surface area (Å²) in [5.74, 6) is -1.16. The molecule has 0 spiro atoms. The van der Waals surface area contributed by atoms with Gasteiger partial charge in [-0.2, -0.15) is 5.10 Å². The minimum atomic E-state index is -0.882. The van der Waals surface area contributed by atoms with Crippen molar-refractivity contribution < 1.29 is 23.9 Å². The molecule has 9 nitrogen and oxygen atoms in total. The smallest absolute Gasteiger partial charge is 0.329 e. The quantitative estimate of drug-likeness (QED) is 0.211. The zero-order valence-electron chi connectivity index (χ0n) is 20.8. The second-order valence-corrected chi connectivity index (χ2v) is 7.85. The molecule has 0 aliphatic heterocycles. The minimum Gasteiger partial charge on any atom is -0.490 e. The number of nitrogens with one attached hydrogen (secondary N) is 3.